The van der Waals surface area contributed by atoms with Crippen LogP contribution >= 0.6 is 0 Å². The SMILES string of the molecule is COC(=O)C1=C(Nc2cc(C)cc(OC(F)(F)F)c2)C(=O)N(CCO)C1. The lowest BCUT2D eigenvalue weighted by Crippen LogP contribution is -2.31. The van der Waals surface area contributed by atoms with E-state index in [1.165, 1.54) is 17.0 Å². The van der Waals surface area contributed by atoms with Crippen molar-refractivity contribution in [1.29, 1.82) is 0 Å². The molecule has 10 heteroatoms. The van der Waals surface area contributed by atoms with Gasteiger partial charge in [0.1, 0.15) is 11.4 Å². The number of hydrogen-bond donors (Lipinski definition) is 2. The number of aryl methyl sites for hydroxylation is 1. The molecule has 0 radical (unpaired) electrons. The van der Waals surface area contributed by atoms with E-state index in [0.29, 0.717) is 5.56 Å². The fourth-order valence-electron chi connectivity index (χ4n) is 2.51. The van der Waals surface area contributed by atoms with Crippen LogP contribution < -0.4 is 10.1 Å². The normalized spacial score (nSPS) is 14.7. The van der Waals surface area contributed by atoms with Crippen molar-refractivity contribution < 1.29 is 37.3 Å². The second-order valence-electron chi connectivity index (χ2n) is 5.50. The van der Waals surface area contributed by atoms with Gasteiger partial charge in [-0.2, -0.15) is 0 Å². The second-order valence-corrected chi connectivity index (χ2v) is 5.50. The summed E-state index contributed by atoms with van der Waals surface area (Å²) in [6, 6.07) is 3.74. The van der Waals surface area contributed by atoms with Gasteiger partial charge in [0.15, 0.2) is 0 Å². The van der Waals surface area contributed by atoms with Gasteiger partial charge >= 0.3 is 12.3 Å². The van der Waals surface area contributed by atoms with Gasteiger partial charge in [0.05, 0.1) is 25.8 Å². The highest BCUT2D eigenvalue weighted by Gasteiger charge is 2.35. The summed E-state index contributed by atoms with van der Waals surface area (Å²) in [5.41, 5.74) is 0.492. The molecular formula is C16H17F3N2O5. The molecule has 1 aromatic carbocycles. The number of methoxy groups -OCH3 is 1. The quantitative estimate of drug-likeness (QED) is 0.735. The maximum Gasteiger partial charge on any atom is 0.573 e. The number of anilines is 1. The maximum absolute atomic E-state index is 12.4. The van der Waals surface area contributed by atoms with Crippen molar-refractivity contribution in [1.82, 2.24) is 4.90 Å². The summed E-state index contributed by atoms with van der Waals surface area (Å²) in [5, 5.41) is 11.7. The number of esters is 1. The molecule has 0 fully saturated rings. The number of amides is 1. The molecule has 26 heavy (non-hydrogen) atoms. The molecule has 0 bridgehead atoms. The number of halogens is 3. The Bertz CT molecular complexity index is 746. The van der Waals surface area contributed by atoms with Crippen molar-refractivity contribution in [2.75, 3.05) is 32.1 Å². The molecule has 0 unspecified atom stereocenters. The van der Waals surface area contributed by atoms with Gasteiger partial charge in [-0.25, -0.2) is 4.79 Å². The monoisotopic (exact) mass is 374 g/mol. The number of β-amino-alcohol motifs (C(OH)–C–C–N with tert-alkyl or cyclic N) is 1. The fourth-order valence-corrected chi connectivity index (χ4v) is 2.51. The Morgan fingerprint density at radius 2 is 2.04 bits per heavy atom. The van der Waals surface area contributed by atoms with Crippen molar-refractivity contribution in [2.24, 2.45) is 0 Å². The zero-order valence-corrected chi connectivity index (χ0v) is 14.0. The van der Waals surface area contributed by atoms with Crippen LogP contribution in [0.25, 0.3) is 0 Å². The highest BCUT2D eigenvalue weighted by atomic mass is 19.4. The zero-order chi connectivity index (χ0) is 19.5. The van der Waals surface area contributed by atoms with E-state index in [2.05, 4.69) is 14.8 Å². The van der Waals surface area contributed by atoms with Crippen LogP contribution in [-0.2, 0) is 14.3 Å². The van der Waals surface area contributed by atoms with E-state index in [0.717, 1.165) is 13.2 Å². The van der Waals surface area contributed by atoms with Crippen LogP contribution in [-0.4, -0.2) is 55.1 Å². The third-order valence-electron chi connectivity index (χ3n) is 3.51. The lowest BCUT2D eigenvalue weighted by Gasteiger charge is -2.16. The second kappa shape index (κ2) is 7.65. The number of nitrogens with one attached hydrogen (secondary N) is 1. The van der Waals surface area contributed by atoms with Crippen molar-refractivity contribution in [3.8, 4) is 5.75 Å². The molecular weight excluding hydrogens is 357 g/mol. The lowest BCUT2D eigenvalue weighted by atomic mass is 10.2. The number of aliphatic hydroxyl groups is 1. The zero-order valence-electron chi connectivity index (χ0n) is 14.0. The van der Waals surface area contributed by atoms with Gasteiger partial charge < -0.3 is 24.8 Å². The summed E-state index contributed by atoms with van der Waals surface area (Å²) < 4.78 is 45.8. The Morgan fingerprint density at radius 1 is 1.35 bits per heavy atom. The number of ether oxygens (including phenoxy) is 2. The van der Waals surface area contributed by atoms with Crippen LogP contribution in [0.1, 0.15) is 5.56 Å². The predicted molar refractivity (Wildman–Crippen MR) is 84.2 cm³/mol. The van der Waals surface area contributed by atoms with Gasteiger partial charge in [0.25, 0.3) is 5.91 Å². The molecule has 142 valence electrons. The average Bonchev–Trinajstić information content (AvgIpc) is 2.82. The van der Waals surface area contributed by atoms with Crippen molar-refractivity contribution in [3.05, 3.63) is 35.0 Å². The Morgan fingerprint density at radius 3 is 2.62 bits per heavy atom. The van der Waals surface area contributed by atoms with Gasteiger partial charge in [-0.05, 0) is 24.6 Å². The molecule has 1 aromatic rings. The van der Waals surface area contributed by atoms with Gasteiger partial charge in [-0.1, -0.05) is 0 Å². The van der Waals surface area contributed by atoms with E-state index >= 15 is 0 Å². The van der Waals surface area contributed by atoms with Gasteiger partial charge in [0, 0.05) is 18.3 Å². The molecule has 0 saturated heterocycles. The molecule has 0 aliphatic carbocycles. The highest BCUT2D eigenvalue weighted by Crippen LogP contribution is 2.29. The molecule has 0 aromatic heterocycles. The van der Waals surface area contributed by atoms with E-state index in [4.69, 9.17) is 5.11 Å². The first-order chi connectivity index (χ1) is 12.1. The third kappa shape index (κ3) is 4.66. The summed E-state index contributed by atoms with van der Waals surface area (Å²) in [7, 11) is 1.15. The van der Waals surface area contributed by atoms with E-state index < -0.39 is 24.0 Å². The summed E-state index contributed by atoms with van der Waals surface area (Å²) >= 11 is 0. The number of carbonyl (C=O) groups excluding carboxylic acids is 2. The minimum absolute atomic E-state index is 0.000754. The molecule has 2 rings (SSSR count). The molecule has 1 aliphatic rings. The van der Waals surface area contributed by atoms with E-state index in [1.54, 1.807) is 6.92 Å². The molecule has 2 N–H and O–H groups in total. The first-order valence-electron chi connectivity index (χ1n) is 7.50. The number of aliphatic hydroxyl groups excluding tert-OH is 1. The van der Waals surface area contributed by atoms with Crippen LogP contribution in [0.4, 0.5) is 18.9 Å². The summed E-state index contributed by atoms with van der Waals surface area (Å²) in [5.74, 6) is -1.78. The standard InChI is InChI=1S/C16H17F3N2O5/c1-9-5-10(7-11(6-9)26-16(17,18)19)20-13-12(15(24)25-2)8-21(3-4-22)14(13)23/h5-7,20,22H,3-4,8H2,1-2H3. The minimum Gasteiger partial charge on any atom is -0.466 e. The summed E-state index contributed by atoms with van der Waals surface area (Å²) in [6.45, 7) is 1.17. The van der Waals surface area contributed by atoms with Crippen molar-refractivity contribution in [3.63, 3.8) is 0 Å². The Labute approximate surface area is 147 Å². The van der Waals surface area contributed by atoms with Gasteiger partial charge in [0.2, 0.25) is 0 Å². The van der Waals surface area contributed by atoms with Crippen molar-refractivity contribution >= 4 is 17.6 Å². The molecule has 0 atom stereocenters. The summed E-state index contributed by atoms with van der Waals surface area (Å²) in [4.78, 5) is 25.5. The number of nitrogens with zero attached hydrogens (tertiary/aromatic N) is 1. The molecule has 1 aliphatic heterocycles. The predicted octanol–water partition coefficient (Wildman–Crippen LogP) is 1.57. The molecule has 1 heterocycles. The van der Waals surface area contributed by atoms with Crippen LogP contribution in [0.5, 0.6) is 5.75 Å². The first kappa shape index (κ1) is 19.6. The van der Waals surface area contributed by atoms with Crippen molar-refractivity contribution in [2.45, 2.75) is 13.3 Å². The minimum atomic E-state index is -4.86. The van der Waals surface area contributed by atoms with E-state index in [9.17, 15) is 22.8 Å². The first-order valence-corrected chi connectivity index (χ1v) is 7.50. The Kier molecular flexibility index (Phi) is 5.76. The van der Waals surface area contributed by atoms with Gasteiger partial charge in [-0.3, -0.25) is 4.79 Å². The smallest absolute Gasteiger partial charge is 0.466 e. The van der Waals surface area contributed by atoms with Crippen LogP contribution in [0.15, 0.2) is 29.5 Å². The topological polar surface area (TPSA) is 88.1 Å². The Balaban J connectivity index is 2.34. The molecule has 1 amide bonds. The van der Waals surface area contributed by atoms with Gasteiger partial charge in [-0.15, -0.1) is 13.2 Å². The number of carbonyl (C=O) groups is 2. The van der Waals surface area contributed by atoms with E-state index in [1.807, 2.05) is 0 Å². The van der Waals surface area contributed by atoms with Crippen LogP contribution in [0.2, 0.25) is 0 Å². The van der Waals surface area contributed by atoms with Crippen LogP contribution in [0.3, 0.4) is 0 Å². The average molecular weight is 374 g/mol. The number of rotatable bonds is 6. The molecule has 7 nitrogen and oxygen atoms in total. The maximum atomic E-state index is 12.4. The molecule has 0 spiro atoms. The highest BCUT2D eigenvalue weighted by molar-refractivity contribution is 6.08. The number of benzene rings is 1. The lowest BCUT2D eigenvalue weighted by molar-refractivity contribution is -0.274. The largest absolute Gasteiger partial charge is 0.573 e. The third-order valence-corrected chi connectivity index (χ3v) is 3.51. The molecule has 0 saturated carbocycles. The number of alkyl halides is 3. The Hall–Kier alpha value is -2.75. The summed E-state index contributed by atoms with van der Waals surface area (Å²) in [6.07, 6.45) is -4.86. The fraction of sp³-hybridized carbons (Fsp3) is 0.375. The number of hydrogen-bond acceptors (Lipinski definition) is 6. The van der Waals surface area contributed by atoms with E-state index in [-0.39, 0.29) is 36.7 Å². The van der Waals surface area contributed by atoms with Crippen LogP contribution in [0, 0.1) is 6.92 Å².